The molecule has 0 spiro atoms. The molecule has 0 unspecified atom stereocenters. The van der Waals surface area contributed by atoms with Gasteiger partial charge in [-0.05, 0) is 29.2 Å². The van der Waals surface area contributed by atoms with Crippen LogP contribution in [-0.2, 0) is 6.42 Å². The molecule has 0 aliphatic rings. The molecule has 0 fully saturated rings. The Bertz CT molecular complexity index is 591. The van der Waals surface area contributed by atoms with Crippen LogP contribution in [0.4, 0.5) is 0 Å². The van der Waals surface area contributed by atoms with Crippen molar-refractivity contribution in [3.05, 3.63) is 48.0 Å². The Kier molecular flexibility index (Phi) is 15.2. The predicted octanol–water partition coefficient (Wildman–Crippen LogP) is 5.98. The largest absolute Gasteiger partial charge is 1.00 e. The van der Waals surface area contributed by atoms with Crippen LogP contribution in [0.15, 0.2) is 42.5 Å². The normalized spacial score (nSPS) is 10.9. The molecule has 27 heavy (non-hydrogen) atoms. The standard InChI is InChI=1S/C26H40.Na.H/c1-2-3-4-5-6-7-8-9-10-11-12-13-14-15-19-24-21-18-22-25-20-16-17-23-26(24)25;;/h16-18,20-23H,2-15,19H2,1H3;;/q;+1;-1. The fraction of sp³-hybridized carbons (Fsp3) is 0.615. The van der Waals surface area contributed by atoms with Gasteiger partial charge in [0.05, 0.1) is 0 Å². The molecule has 2 rings (SSSR count). The van der Waals surface area contributed by atoms with Gasteiger partial charge >= 0.3 is 29.6 Å². The topological polar surface area (TPSA) is 0 Å². The van der Waals surface area contributed by atoms with Crippen LogP contribution in [0.1, 0.15) is 104 Å². The SMILES string of the molecule is CCCCCCCCCCCCCCCCc1cccc2ccccc12.[H-].[Na+]. The smallest absolute Gasteiger partial charge is 1.00 e. The molecular weight excluding hydrogens is 335 g/mol. The molecule has 0 saturated carbocycles. The Morgan fingerprint density at radius 3 is 1.63 bits per heavy atom. The first-order valence-electron chi connectivity index (χ1n) is 11.4. The molecule has 0 N–H and O–H groups in total. The second kappa shape index (κ2) is 16.6. The van der Waals surface area contributed by atoms with Crippen molar-refractivity contribution in [1.82, 2.24) is 0 Å². The van der Waals surface area contributed by atoms with Gasteiger partial charge in [-0.1, -0.05) is 133 Å². The third kappa shape index (κ3) is 10.7. The van der Waals surface area contributed by atoms with Crippen molar-refractivity contribution in [3.8, 4) is 0 Å². The summed E-state index contributed by atoms with van der Waals surface area (Å²) >= 11 is 0. The minimum Gasteiger partial charge on any atom is -1.00 e. The monoisotopic (exact) mass is 376 g/mol. The fourth-order valence-electron chi connectivity index (χ4n) is 4.02. The molecule has 2 aromatic carbocycles. The van der Waals surface area contributed by atoms with E-state index in [0.717, 1.165) is 0 Å². The maximum Gasteiger partial charge on any atom is 1.00 e. The Balaban J connectivity index is 0.00000364. The van der Waals surface area contributed by atoms with Crippen molar-refractivity contribution >= 4 is 10.8 Å². The van der Waals surface area contributed by atoms with Crippen molar-refractivity contribution < 1.29 is 31.0 Å². The summed E-state index contributed by atoms with van der Waals surface area (Å²) in [6, 6.07) is 15.5. The van der Waals surface area contributed by atoms with Gasteiger partial charge in [0.2, 0.25) is 0 Å². The minimum absolute atomic E-state index is 0. The van der Waals surface area contributed by atoms with Gasteiger partial charge in [-0.25, -0.2) is 0 Å². The van der Waals surface area contributed by atoms with Gasteiger partial charge in [0.15, 0.2) is 0 Å². The third-order valence-corrected chi connectivity index (χ3v) is 5.68. The molecule has 0 saturated heterocycles. The van der Waals surface area contributed by atoms with Crippen molar-refractivity contribution in [2.45, 2.75) is 103 Å². The number of rotatable bonds is 15. The summed E-state index contributed by atoms with van der Waals surface area (Å²) in [5, 5.41) is 2.83. The average molecular weight is 377 g/mol. The van der Waals surface area contributed by atoms with E-state index in [-0.39, 0.29) is 31.0 Å². The van der Waals surface area contributed by atoms with Crippen LogP contribution in [0, 0.1) is 0 Å². The first-order valence-corrected chi connectivity index (χ1v) is 11.4. The van der Waals surface area contributed by atoms with Crippen LogP contribution in [0.2, 0.25) is 0 Å². The number of benzene rings is 2. The summed E-state index contributed by atoms with van der Waals surface area (Å²) in [4.78, 5) is 0. The van der Waals surface area contributed by atoms with E-state index in [4.69, 9.17) is 0 Å². The Labute approximate surface area is 192 Å². The van der Waals surface area contributed by atoms with E-state index in [2.05, 4.69) is 49.4 Å². The Morgan fingerprint density at radius 1 is 0.556 bits per heavy atom. The summed E-state index contributed by atoms with van der Waals surface area (Å²) in [7, 11) is 0. The second-order valence-electron chi connectivity index (χ2n) is 7.98. The zero-order chi connectivity index (χ0) is 18.3. The molecule has 1 heteroatoms. The molecule has 0 aromatic heterocycles. The van der Waals surface area contributed by atoms with Crippen molar-refractivity contribution in [2.24, 2.45) is 0 Å². The van der Waals surface area contributed by atoms with E-state index < -0.39 is 0 Å². The second-order valence-corrected chi connectivity index (χ2v) is 7.98. The van der Waals surface area contributed by atoms with Gasteiger partial charge < -0.3 is 1.43 Å². The summed E-state index contributed by atoms with van der Waals surface area (Å²) in [6.07, 6.45) is 21.3. The maximum atomic E-state index is 2.31. The van der Waals surface area contributed by atoms with Gasteiger partial charge in [-0.3, -0.25) is 0 Å². The van der Waals surface area contributed by atoms with Gasteiger partial charge in [0.25, 0.3) is 0 Å². The Morgan fingerprint density at radius 2 is 1.04 bits per heavy atom. The molecule has 0 radical (unpaired) electrons. The summed E-state index contributed by atoms with van der Waals surface area (Å²) in [6.45, 7) is 2.30. The van der Waals surface area contributed by atoms with Gasteiger partial charge in [0.1, 0.15) is 0 Å². The van der Waals surface area contributed by atoms with E-state index in [9.17, 15) is 0 Å². The summed E-state index contributed by atoms with van der Waals surface area (Å²) < 4.78 is 0. The first-order chi connectivity index (χ1) is 12.9. The predicted molar refractivity (Wildman–Crippen MR) is 119 cm³/mol. The van der Waals surface area contributed by atoms with Crippen LogP contribution >= 0.6 is 0 Å². The van der Waals surface area contributed by atoms with Gasteiger partial charge in [-0.15, -0.1) is 0 Å². The zero-order valence-electron chi connectivity index (χ0n) is 19.1. The van der Waals surface area contributed by atoms with Crippen LogP contribution in [0.3, 0.4) is 0 Å². The average Bonchev–Trinajstić information content (AvgIpc) is 2.68. The maximum absolute atomic E-state index is 2.31. The van der Waals surface area contributed by atoms with Gasteiger partial charge in [-0.2, -0.15) is 0 Å². The molecule has 0 heterocycles. The Hall–Kier alpha value is -0.300. The van der Waals surface area contributed by atoms with E-state index in [0.29, 0.717) is 0 Å². The molecule has 0 aliphatic carbocycles. The summed E-state index contributed by atoms with van der Waals surface area (Å²) in [5.74, 6) is 0. The summed E-state index contributed by atoms with van der Waals surface area (Å²) in [5.41, 5.74) is 1.53. The minimum atomic E-state index is 0. The van der Waals surface area contributed by atoms with Crippen LogP contribution < -0.4 is 29.6 Å². The number of unbranched alkanes of at least 4 members (excludes halogenated alkanes) is 13. The first kappa shape index (κ1) is 24.7. The number of hydrogen-bond acceptors (Lipinski definition) is 0. The molecule has 0 atom stereocenters. The molecule has 0 bridgehead atoms. The quantitative estimate of drug-likeness (QED) is 0.265. The third-order valence-electron chi connectivity index (χ3n) is 5.68. The molecule has 0 aliphatic heterocycles. The zero-order valence-corrected chi connectivity index (χ0v) is 20.1. The fourth-order valence-corrected chi connectivity index (χ4v) is 4.02. The molecular formula is C26H41Na. The molecule has 0 amide bonds. The van der Waals surface area contributed by atoms with Crippen molar-refractivity contribution in [3.63, 3.8) is 0 Å². The van der Waals surface area contributed by atoms with Crippen molar-refractivity contribution in [2.75, 3.05) is 0 Å². The van der Waals surface area contributed by atoms with E-state index in [1.165, 1.54) is 113 Å². The van der Waals surface area contributed by atoms with Gasteiger partial charge in [0, 0.05) is 0 Å². The van der Waals surface area contributed by atoms with E-state index >= 15 is 0 Å². The number of hydrogen-bond donors (Lipinski definition) is 0. The van der Waals surface area contributed by atoms with E-state index in [1.807, 2.05) is 0 Å². The molecule has 2 aromatic rings. The molecule has 0 nitrogen and oxygen atoms in total. The van der Waals surface area contributed by atoms with Crippen molar-refractivity contribution in [1.29, 1.82) is 0 Å². The molecule has 146 valence electrons. The van der Waals surface area contributed by atoms with Crippen LogP contribution in [0.5, 0.6) is 0 Å². The number of aryl methyl sites for hydroxylation is 1. The van der Waals surface area contributed by atoms with E-state index in [1.54, 1.807) is 0 Å². The number of fused-ring (bicyclic) bond motifs is 1. The van der Waals surface area contributed by atoms with Crippen LogP contribution in [-0.4, -0.2) is 0 Å². The van der Waals surface area contributed by atoms with Crippen LogP contribution in [0.25, 0.3) is 10.8 Å².